The molecule has 2 atom stereocenters. The Kier molecular flexibility index (Phi) is 5.37. The molecule has 2 unspecified atom stereocenters. The van der Waals surface area contributed by atoms with Gasteiger partial charge in [0.2, 0.25) is 0 Å². The first-order chi connectivity index (χ1) is 9.96. The molecule has 0 saturated carbocycles. The number of hydrogen-bond acceptors (Lipinski definition) is 3. The largest absolute Gasteiger partial charge is 0.388 e. The summed E-state index contributed by atoms with van der Waals surface area (Å²) in [7, 11) is -1.81. The number of aliphatic hydroxyl groups excluding tert-OH is 1. The minimum Gasteiger partial charge on any atom is -0.388 e. The fourth-order valence-electron chi connectivity index (χ4n) is 2.76. The van der Waals surface area contributed by atoms with E-state index >= 15 is 0 Å². The van der Waals surface area contributed by atoms with Crippen molar-refractivity contribution in [2.24, 2.45) is 0 Å². The standard InChI is InChI=1S/C15H24N2O3S/c1-3-16(2)21(19,20)17-11-7-10-14(17)12-15(18)13-8-5-4-6-9-13/h4-6,8-9,14-15,18H,3,7,10-12H2,1-2H3. The van der Waals surface area contributed by atoms with Crippen LogP contribution in [-0.4, -0.2) is 48.3 Å². The van der Waals surface area contributed by atoms with E-state index in [1.807, 2.05) is 37.3 Å². The third-order valence-corrected chi connectivity index (χ3v) is 6.26. The van der Waals surface area contributed by atoms with Crippen LogP contribution in [0.2, 0.25) is 0 Å². The summed E-state index contributed by atoms with van der Waals surface area (Å²) in [6.45, 7) is 2.81. The first-order valence-corrected chi connectivity index (χ1v) is 8.82. The lowest BCUT2D eigenvalue weighted by molar-refractivity contribution is 0.140. The lowest BCUT2D eigenvalue weighted by Crippen LogP contribution is -2.44. The third kappa shape index (κ3) is 3.63. The van der Waals surface area contributed by atoms with E-state index in [-0.39, 0.29) is 6.04 Å². The highest BCUT2D eigenvalue weighted by molar-refractivity contribution is 7.86. The monoisotopic (exact) mass is 312 g/mol. The van der Waals surface area contributed by atoms with Crippen molar-refractivity contribution in [1.29, 1.82) is 0 Å². The van der Waals surface area contributed by atoms with Crippen LogP contribution < -0.4 is 0 Å². The van der Waals surface area contributed by atoms with E-state index in [1.165, 1.54) is 4.31 Å². The van der Waals surface area contributed by atoms with E-state index in [0.717, 1.165) is 18.4 Å². The van der Waals surface area contributed by atoms with Crippen molar-refractivity contribution < 1.29 is 13.5 Å². The molecule has 1 heterocycles. The van der Waals surface area contributed by atoms with Gasteiger partial charge in [-0.15, -0.1) is 0 Å². The second kappa shape index (κ2) is 6.87. The molecule has 5 nitrogen and oxygen atoms in total. The molecular weight excluding hydrogens is 288 g/mol. The zero-order valence-electron chi connectivity index (χ0n) is 12.6. The Morgan fingerprint density at radius 2 is 2.05 bits per heavy atom. The minimum absolute atomic E-state index is 0.126. The maximum Gasteiger partial charge on any atom is 0.281 e. The van der Waals surface area contributed by atoms with E-state index in [1.54, 1.807) is 11.4 Å². The smallest absolute Gasteiger partial charge is 0.281 e. The van der Waals surface area contributed by atoms with Crippen LogP contribution in [0.5, 0.6) is 0 Å². The number of rotatable bonds is 6. The lowest BCUT2D eigenvalue weighted by Gasteiger charge is -2.29. The fraction of sp³-hybridized carbons (Fsp3) is 0.600. The van der Waals surface area contributed by atoms with Gasteiger partial charge in [-0.2, -0.15) is 17.0 Å². The van der Waals surface area contributed by atoms with Crippen LogP contribution in [0.15, 0.2) is 30.3 Å². The fourth-order valence-corrected chi connectivity index (χ4v) is 4.37. The summed E-state index contributed by atoms with van der Waals surface area (Å²) in [6.07, 6.45) is 1.48. The molecule has 1 aliphatic rings. The zero-order chi connectivity index (χ0) is 15.5. The molecule has 0 aliphatic carbocycles. The molecule has 1 saturated heterocycles. The van der Waals surface area contributed by atoms with Crippen LogP contribution >= 0.6 is 0 Å². The van der Waals surface area contributed by atoms with Gasteiger partial charge in [0, 0.05) is 26.2 Å². The summed E-state index contributed by atoms with van der Waals surface area (Å²) >= 11 is 0. The van der Waals surface area contributed by atoms with Gasteiger partial charge in [0.25, 0.3) is 10.2 Å². The third-order valence-electron chi connectivity index (χ3n) is 4.14. The zero-order valence-corrected chi connectivity index (χ0v) is 13.5. The molecule has 1 aliphatic heterocycles. The second-order valence-corrected chi connectivity index (χ2v) is 7.48. The maximum atomic E-state index is 12.5. The number of hydrogen-bond donors (Lipinski definition) is 1. The van der Waals surface area contributed by atoms with E-state index in [2.05, 4.69) is 0 Å². The average molecular weight is 312 g/mol. The highest BCUT2D eigenvalue weighted by Crippen LogP contribution is 2.30. The van der Waals surface area contributed by atoms with E-state index in [4.69, 9.17) is 0 Å². The van der Waals surface area contributed by atoms with Gasteiger partial charge in [0.1, 0.15) is 0 Å². The van der Waals surface area contributed by atoms with Gasteiger partial charge in [-0.3, -0.25) is 0 Å². The molecule has 0 radical (unpaired) electrons. The van der Waals surface area contributed by atoms with Crippen LogP contribution in [-0.2, 0) is 10.2 Å². The van der Waals surface area contributed by atoms with Crippen LogP contribution in [0.3, 0.4) is 0 Å². The average Bonchev–Trinajstić information content (AvgIpc) is 2.96. The minimum atomic E-state index is -3.41. The SMILES string of the molecule is CCN(C)S(=O)(=O)N1CCCC1CC(O)c1ccccc1. The first kappa shape index (κ1) is 16.4. The summed E-state index contributed by atoms with van der Waals surface area (Å²) in [6, 6.07) is 9.28. The Morgan fingerprint density at radius 1 is 1.38 bits per heavy atom. The summed E-state index contributed by atoms with van der Waals surface area (Å²) in [4.78, 5) is 0. The normalized spacial score (nSPS) is 21.8. The van der Waals surface area contributed by atoms with Crippen molar-refractivity contribution in [3.8, 4) is 0 Å². The molecule has 1 fully saturated rings. The van der Waals surface area contributed by atoms with Crippen LogP contribution in [0.1, 0.15) is 37.9 Å². The number of aliphatic hydroxyl groups is 1. The number of benzene rings is 1. The van der Waals surface area contributed by atoms with Gasteiger partial charge < -0.3 is 5.11 Å². The van der Waals surface area contributed by atoms with E-state index in [0.29, 0.717) is 19.5 Å². The van der Waals surface area contributed by atoms with Crippen LogP contribution in [0.4, 0.5) is 0 Å². The molecule has 6 heteroatoms. The van der Waals surface area contributed by atoms with Crippen LogP contribution in [0.25, 0.3) is 0 Å². The van der Waals surface area contributed by atoms with Crippen molar-refractivity contribution in [1.82, 2.24) is 8.61 Å². The Balaban J connectivity index is 2.09. The second-order valence-electron chi connectivity index (χ2n) is 5.49. The van der Waals surface area contributed by atoms with Crippen molar-refractivity contribution in [3.63, 3.8) is 0 Å². The molecule has 118 valence electrons. The Labute approximate surface area is 127 Å². The van der Waals surface area contributed by atoms with Gasteiger partial charge in [0.05, 0.1) is 6.10 Å². The molecule has 2 rings (SSSR count). The van der Waals surface area contributed by atoms with Gasteiger partial charge >= 0.3 is 0 Å². The summed E-state index contributed by atoms with van der Waals surface area (Å²) in [5, 5.41) is 10.3. The molecule has 1 aromatic carbocycles. The molecule has 0 aromatic heterocycles. The summed E-state index contributed by atoms with van der Waals surface area (Å²) in [5.41, 5.74) is 0.839. The predicted octanol–water partition coefficient (Wildman–Crippen LogP) is 1.77. The quantitative estimate of drug-likeness (QED) is 0.871. The molecule has 1 N–H and O–H groups in total. The maximum absolute atomic E-state index is 12.5. The number of nitrogens with zero attached hydrogens (tertiary/aromatic N) is 2. The van der Waals surface area contributed by atoms with Gasteiger partial charge in [0.15, 0.2) is 0 Å². The first-order valence-electron chi connectivity index (χ1n) is 7.43. The van der Waals surface area contributed by atoms with Crippen molar-refractivity contribution in [2.45, 2.75) is 38.3 Å². The van der Waals surface area contributed by atoms with Crippen molar-refractivity contribution in [2.75, 3.05) is 20.1 Å². The highest BCUT2D eigenvalue weighted by Gasteiger charge is 2.37. The van der Waals surface area contributed by atoms with Crippen LogP contribution in [0, 0.1) is 0 Å². The predicted molar refractivity (Wildman–Crippen MR) is 83.0 cm³/mol. The van der Waals surface area contributed by atoms with Crippen molar-refractivity contribution in [3.05, 3.63) is 35.9 Å². The molecule has 1 aromatic rings. The molecule has 0 spiro atoms. The van der Waals surface area contributed by atoms with Crippen molar-refractivity contribution >= 4 is 10.2 Å². The Morgan fingerprint density at radius 3 is 2.67 bits per heavy atom. The van der Waals surface area contributed by atoms with Gasteiger partial charge in [-0.05, 0) is 24.8 Å². The van der Waals surface area contributed by atoms with Gasteiger partial charge in [-0.25, -0.2) is 0 Å². The lowest BCUT2D eigenvalue weighted by atomic mass is 10.0. The molecule has 0 amide bonds. The summed E-state index contributed by atoms with van der Waals surface area (Å²) < 4.78 is 27.8. The molecular formula is C15H24N2O3S. The molecule has 21 heavy (non-hydrogen) atoms. The summed E-state index contributed by atoms with van der Waals surface area (Å²) in [5.74, 6) is 0. The Bertz CT molecular complexity index is 547. The van der Waals surface area contributed by atoms with Gasteiger partial charge in [-0.1, -0.05) is 37.3 Å². The topological polar surface area (TPSA) is 60.9 Å². The van der Waals surface area contributed by atoms with E-state index in [9.17, 15) is 13.5 Å². The Hall–Kier alpha value is -0.950. The molecule has 0 bridgehead atoms. The van der Waals surface area contributed by atoms with E-state index < -0.39 is 16.3 Å². The highest BCUT2D eigenvalue weighted by atomic mass is 32.2.